The molecule has 0 spiro atoms. The second-order valence-corrected chi connectivity index (χ2v) is 18.0. The lowest BCUT2D eigenvalue weighted by Crippen LogP contribution is -2.29. The van der Waals surface area contributed by atoms with Gasteiger partial charge in [0.15, 0.2) is 0 Å². The number of rotatable bonds is 6. The molecule has 0 amide bonds. The van der Waals surface area contributed by atoms with E-state index in [1.807, 2.05) is 0 Å². The first-order valence-corrected chi connectivity index (χ1v) is 23.3. The third-order valence-electron chi connectivity index (χ3n) is 14.6. The Morgan fingerprint density at radius 3 is 1.57 bits per heavy atom. The van der Waals surface area contributed by atoms with E-state index in [0.717, 1.165) is 5.69 Å². The molecule has 0 unspecified atom stereocenters. The van der Waals surface area contributed by atoms with E-state index >= 15 is 0 Å². The Morgan fingerprint density at radius 2 is 0.836 bits per heavy atom. The second-order valence-electron chi connectivity index (χ2n) is 18.0. The van der Waals surface area contributed by atoms with Crippen LogP contribution in [0.25, 0.3) is 99.1 Å². The number of hydrogen-bond acceptors (Lipinski definition) is 0. The van der Waals surface area contributed by atoms with Gasteiger partial charge < -0.3 is 9.13 Å². The van der Waals surface area contributed by atoms with Crippen LogP contribution in [-0.2, 0) is 5.41 Å². The number of aromatic nitrogens is 2. The minimum atomic E-state index is -0.573. The van der Waals surface area contributed by atoms with Gasteiger partial charge in [-0.15, -0.1) is 0 Å². The lowest BCUT2D eigenvalue weighted by molar-refractivity contribution is 0.772. The highest BCUT2D eigenvalue weighted by Crippen LogP contribution is 2.59. The maximum absolute atomic E-state index is 2.55. The van der Waals surface area contributed by atoms with Crippen LogP contribution in [0.1, 0.15) is 22.3 Å². The van der Waals surface area contributed by atoms with Gasteiger partial charge in [0.05, 0.1) is 33.2 Å². The summed E-state index contributed by atoms with van der Waals surface area (Å²) in [5.41, 5.74) is 19.1. The Balaban J connectivity index is 1.05. The summed E-state index contributed by atoms with van der Waals surface area (Å²) in [5.74, 6) is 0. The van der Waals surface area contributed by atoms with E-state index in [2.05, 4.69) is 264 Å². The van der Waals surface area contributed by atoms with Gasteiger partial charge >= 0.3 is 0 Å². The van der Waals surface area contributed by atoms with Crippen LogP contribution in [0.2, 0.25) is 0 Å². The summed E-state index contributed by atoms with van der Waals surface area (Å²) in [6, 6.07) is 94.4. The molecule has 2 heteroatoms. The zero-order valence-electron chi connectivity index (χ0n) is 36.6. The summed E-state index contributed by atoms with van der Waals surface area (Å²) < 4.78 is 5.00. The minimum Gasteiger partial charge on any atom is -0.309 e. The van der Waals surface area contributed by atoms with Crippen molar-refractivity contribution in [2.24, 2.45) is 0 Å². The third kappa shape index (κ3) is 5.45. The molecular formula is C65H42N2. The molecule has 312 valence electrons. The molecule has 1 aliphatic rings. The van der Waals surface area contributed by atoms with E-state index in [1.165, 1.54) is 116 Å². The van der Waals surface area contributed by atoms with Crippen LogP contribution in [0, 0.1) is 0 Å². The van der Waals surface area contributed by atoms with Gasteiger partial charge in [-0.25, -0.2) is 0 Å². The Kier molecular flexibility index (Phi) is 8.23. The van der Waals surface area contributed by atoms with Crippen molar-refractivity contribution in [2.75, 3.05) is 0 Å². The molecule has 13 aromatic rings. The average molecular weight is 851 g/mol. The maximum atomic E-state index is 2.55. The number of para-hydroxylation sites is 1. The van der Waals surface area contributed by atoms with Crippen LogP contribution in [0.15, 0.2) is 255 Å². The van der Waals surface area contributed by atoms with E-state index in [4.69, 9.17) is 0 Å². The molecule has 67 heavy (non-hydrogen) atoms. The lowest BCUT2D eigenvalue weighted by Gasteiger charge is -2.34. The first-order valence-electron chi connectivity index (χ1n) is 23.3. The predicted octanol–water partition coefficient (Wildman–Crippen LogP) is 16.7. The molecule has 0 saturated carbocycles. The molecule has 2 heterocycles. The first-order chi connectivity index (χ1) is 33.3. The van der Waals surface area contributed by atoms with Crippen molar-refractivity contribution >= 4 is 54.4 Å². The fourth-order valence-corrected chi connectivity index (χ4v) is 11.7. The van der Waals surface area contributed by atoms with Crippen LogP contribution >= 0.6 is 0 Å². The normalized spacial score (nSPS) is 12.9. The maximum Gasteiger partial charge on any atom is 0.0734 e. The van der Waals surface area contributed by atoms with Gasteiger partial charge in [0.2, 0.25) is 0 Å². The fraction of sp³-hybridized carbons (Fsp3) is 0.0154. The van der Waals surface area contributed by atoms with Crippen LogP contribution in [0.3, 0.4) is 0 Å². The van der Waals surface area contributed by atoms with Gasteiger partial charge in [-0.1, -0.05) is 206 Å². The van der Waals surface area contributed by atoms with Crippen LogP contribution in [0.4, 0.5) is 0 Å². The van der Waals surface area contributed by atoms with Crippen molar-refractivity contribution in [2.45, 2.75) is 5.41 Å². The van der Waals surface area contributed by atoms with E-state index in [-0.39, 0.29) is 0 Å². The lowest BCUT2D eigenvalue weighted by atomic mass is 9.67. The SMILES string of the molecule is c1ccc(-c2ccc(-n3c4ccc(-c5ccc6c(c5)c5ccccc5n6-c5cccc6ccccc56)cc4c4ccc5c(c43)C(c3ccccc3)(c3ccccc3)c3ccccc3-5)cc2)cc1. The Hall–Kier alpha value is -8.72. The van der Waals surface area contributed by atoms with Gasteiger partial charge in [-0.2, -0.15) is 0 Å². The van der Waals surface area contributed by atoms with Crippen molar-refractivity contribution in [3.63, 3.8) is 0 Å². The Labute approximate surface area is 388 Å². The van der Waals surface area contributed by atoms with Crippen LogP contribution in [-0.4, -0.2) is 9.13 Å². The highest BCUT2D eigenvalue weighted by molar-refractivity contribution is 6.16. The van der Waals surface area contributed by atoms with Crippen molar-refractivity contribution in [1.82, 2.24) is 9.13 Å². The second kappa shape index (κ2) is 14.7. The van der Waals surface area contributed by atoms with E-state index in [9.17, 15) is 0 Å². The number of hydrogen-bond donors (Lipinski definition) is 0. The molecule has 2 nitrogen and oxygen atoms in total. The molecule has 0 radical (unpaired) electrons. The molecule has 0 atom stereocenters. The molecule has 11 aromatic carbocycles. The molecular weight excluding hydrogens is 809 g/mol. The molecule has 0 N–H and O–H groups in total. The molecule has 1 aliphatic carbocycles. The van der Waals surface area contributed by atoms with Crippen molar-refractivity contribution < 1.29 is 0 Å². The highest BCUT2D eigenvalue weighted by atomic mass is 15.0. The standard InChI is InChI=1S/C65H42N2/c1-4-17-43(18-5-1)44-31-35-50(36-32-44)66-61-39-33-47(46-34-40-62-56(41-46)53-27-13-15-29-60(53)67(62)59-30-16-20-45-19-10-11-25-51(45)59)42-57(61)55-38-37-54-52-26-12-14-28-58(52)65(63(54)64(55)66,48-21-6-2-7-22-48)49-23-8-3-9-24-49/h1-42H. The number of benzene rings is 11. The van der Waals surface area contributed by atoms with Gasteiger partial charge in [0.1, 0.15) is 0 Å². The molecule has 0 saturated heterocycles. The van der Waals surface area contributed by atoms with E-state index in [1.54, 1.807) is 0 Å². The summed E-state index contributed by atoms with van der Waals surface area (Å²) in [4.78, 5) is 0. The van der Waals surface area contributed by atoms with Crippen LogP contribution in [0.5, 0.6) is 0 Å². The minimum absolute atomic E-state index is 0.573. The summed E-state index contributed by atoms with van der Waals surface area (Å²) in [5, 5.41) is 7.44. The summed E-state index contributed by atoms with van der Waals surface area (Å²) in [7, 11) is 0. The van der Waals surface area contributed by atoms with E-state index in [0.29, 0.717) is 0 Å². The topological polar surface area (TPSA) is 9.86 Å². The summed E-state index contributed by atoms with van der Waals surface area (Å²) in [6.45, 7) is 0. The van der Waals surface area contributed by atoms with Crippen molar-refractivity contribution in [1.29, 1.82) is 0 Å². The van der Waals surface area contributed by atoms with Crippen molar-refractivity contribution in [3.8, 4) is 44.8 Å². The smallest absolute Gasteiger partial charge is 0.0734 e. The average Bonchev–Trinajstić information content (AvgIpc) is 4.03. The van der Waals surface area contributed by atoms with Crippen LogP contribution < -0.4 is 0 Å². The summed E-state index contributed by atoms with van der Waals surface area (Å²) >= 11 is 0. The molecule has 0 fully saturated rings. The fourth-order valence-electron chi connectivity index (χ4n) is 11.7. The van der Waals surface area contributed by atoms with Gasteiger partial charge in [0, 0.05) is 38.2 Å². The monoisotopic (exact) mass is 850 g/mol. The molecule has 0 aliphatic heterocycles. The molecule has 2 aromatic heterocycles. The van der Waals surface area contributed by atoms with E-state index < -0.39 is 5.41 Å². The van der Waals surface area contributed by atoms with Gasteiger partial charge in [-0.3, -0.25) is 0 Å². The first kappa shape index (κ1) is 37.6. The quantitative estimate of drug-likeness (QED) is 0.158. The van der Waals surface area contributed by atoms with Gasteiger partial charge in [0.25, 0.3) is 0 Å². The molecule has 0 bridgehead atoms. The molecule has 14 rings (SSSR count). The zero-order valence-corrected chi connectivity index (χ0v) is 36.6. The van der Waals surface area contributed by atoms with Gasteiger partial charge in [-0.05, 0) is 104 Å². The number of nitrogens with zero attached hydrogens (tertiary/aromatic N) is 2. The summed E-state index contributed by atoms with van der Waals surface area (Å²) in [6.07, 6.45) is 0. The third-order valence-corrected chi connectivity index (χ3v) is 14.6. The zero-order chi connectivity index (χ0) is 44.1. The Bertz CT molecular complexity index is 4020. The number of fused-ring (bicyclic) bond motifs is 11. The largest absolute Gasteiger partial charge is 0.309 e. The highest BCUT2D eigenvalue weighted by Gasteiger charge is 2.48. The predicted molar refractivity (Wildman–Crippen MR) is 281 cm³/mol. The Morgan fingerprint density at radius 1 is 0.299 bits per heavy atom. The van der Waals surface area contributed by atoms with Crippen molar-refractivity contribution in [3.05, 3.63) is 277 Å².